The Morgan fingerprint density at radius 1 is 0.963 bits per heavy atom. The number of carbonyl (C=O) groups is 1. The summed E-state index contributed by atoms with van der Waals surface area (Å²) in [5.41, 5.74) is -3.85. The molecule has 0 aliphatic heterocycles. The van der Waals surface area contributed by atoms with Gasteiger partial charge in [-0.05, 0) is 24.3 Å². The SMILES string of the molecule is O=C(Cn1cc(C(F)(F)F)cc(Cl)c1=O)Nc1cc(C(F)(F)F)ccc1Cl. The van der Waals surface area contributed by atoms with E-state index in [1.807, 2.05) is 5.32 Å². The number of nitrogens with one attached hydrogen (secondary N) is 1. The molecule has 1 aromatic carbocycles. The summed E-state index contributed by atoms with van der Waals surface area (Å²) in [5, 5.41) is 1.02. The van der Waals surface area contributed by atoms with E-state index < -0.39 is 52.2 Å². The van der Waals surface area contributed by atoms with Gasteiger partial charge in [0.1, 0.15) is 11.6 Å². The molecule has 27 heavy (non-hydrogen) atoms. The van der Waals surface area contributed by atoms with Crippen molar-refractivity contribution in [1.82, 2.24) is 4.57 Å². The summed E-state index contributed by atoms with van der Waals surface area (Å²) >= 11 is 11.2. The Morgan fingerprint density at radius 2 is 1.56 bits per heavy atom. The first-order valence-corrected chi connectivity index (χ1v) is 7.68. The molecule has 0 atom stereocenters. The van der Waals surface area contributed by atoms with Crippen LogP contribution in [-0.4, -0.2) is 10.5 Å². The van der Waals surface area contributed by atoms with Crippen molar-refractivity contribution >= 4 is 34.8 Å². The summed E-state index contributed by atoms with van der Waals surface area (Å²) < 4.78 is 76.9. The molecule has 0 aliphatic rings. The quantitative estimate of drug-likeness (QED) is 0.706. The summed E-state index contributed by atoms with van der Waals surface area (Å²) in [6.07, 6.45) is -9.14. The van der Waals surface area contributed by atoms with E-state index in [0.717, 1.165) is 6.07 Å². The zero-order valence-corrected chi connectivity index (χ0v) is 14.4. The monoisotopic (exact) mass is 432 g/mol. The van der Waals surface area contributed by atoms with Gasteiger partial charge in [0.2, 0.25) is 5.91 Å². The second-order valence-electron chi connectivity index (χ2n) is 5.25. The molecule has 1 aromatic heterocycles. The predicted octanol–water partition coefficient (Wildman–Crippen LogP) is 4.83. The number of pyridine rings is 1. The molecule has 2 aromatic rings. The van der Waals surface area contributed by atoms with E-state index in [9.17, 15) is 35.9 Å². The van der Waals surface area contributed by atoms with E-state index in [2.05, 4.69) is 0 Å². The average Bonchev–Trinajstić information content (AvgIpc) is 2.51. The number of nitrogens with zero attached hydrogens (tertiary/aromatic N) is 1. The highest BCUT2D eigenvalue weighted by Gasteiger charge is 2.33. The highest BCUT2D eigenvalue weighted by molar-refractivity contribution is 6.33. The first-order chi connectivity index (χ1) is 12.3. The van der Waals surface area contributed by atoms with Gasteiger partial charge in [0.25, 0.3) is 5.56 Å². The van der Waals surface area contributed by atoms with Crippen LogP contribution in [0.4, 0.5) is 32.0 Å². The van der Waals surface area contributed by atoms with E-state index in [1.165, 1.54) is 0 Å². The van der Waals surface area contributed by atoms with Gasteiger partial charge < -0.3 is 9.88 Å². The number of halogens is 8. The van der Waals surface area contributed by atoms with Crippen molar-refractivity contribution in [1.29, 1.82) is 0 Å². The van der Waals surface area contributed by atoms with Gasteiger partial charge in [0.05, 0.1) is 21.8 Å². The second-order valence-corrected chi connectivity index (χ2v) is 6.06. The molecule has 146 valence electrons. The summed E-state index contributed by atoms with van der Waals surface area (Å²) in [4.78, 5) is 23.8. The van der Waals surface area contributed by atoms with E-state index in [1.54, 1.807) is 0 Å². The summed E-state index contributed by atoms with van der Waals surface area (Å²) in [5.74, 6) is -1.08. The maximum atomic E-state index is 12.8. The molecule has 1 amide bonds. The lowest BCUT2D eigenvalue weighted by Crippen LogP contribution is -2.29. The number of hydrogen-bond acceptors (Lipinski definition) is 2. The summed E-state index contributed by atoms with van der Waals surface area (Å²) in [6, 6.07) is 2.55. The molecule has 0 aliphatic carbocycles. The fraction of sp³-hybridized carbons (Fsp3) is 0.200. The molecular weight excluding hydrogens is 425 g/mol. The molecule has 0 unspecified atom stereocenters. The van der Waals surface area contributed by atoms with Crippen molar-refractivity contribution < 1.29 is 31.1 Å². The molecule has 1 heterocycles. The number of aromatic nitrogens is 1. The highest BCUT2D eigenvalue weighted by atomic mass is 35.5. The lowest BCUT2D eigenvalue weighted by molar-refractivity contribution is -0.138. The van der Waals surface area contributed by atoms with Gasteiger partial charge in [-0.3, -0.25) is 9.59 Å². The van der Waals surface area contributed by atoms with Crippen LogP contribution in [0.2, 0.25) is 10.0 Å². The molecule has 1 N–H and O–H groups in total. The predicted molar refractivity (Wildman–Crippen MR) is 85.8 cm³/mol. The Labute approximate surface area is 157 Å². The standard InChI is InChI=1S/C15H8Cl2F6N2O2/c16-9-2-1-7(14(18,19)20)4-11(9)24-12(26)6-25-5-8(15(21,22)23)3-10(17)13(25)27/h1-5H,6H2,(H,24,26). The number of benzene rings is 1. The molecule has 0 spiro atoms. The first kappa shape index (κ1) is 21.1. The van der Waals surface area contributed by atoms with Crippen molar-refractivity contribution in [2.75, 3.05) is 5.32 Å². The van der Waals surface area contributed by atoms with E-state index >= 15 is 0 Å². The molecular formula is C15H8Cl2F6N2O2. The van der Waals surface area contributed by atoms with Gasteiger partial charge >= 0.3 is 12.4 Å². The van der Waals surface area contributed by atoms with Gasteiger partial charge in [-0.1, -0.05) is 23.2 Å². The van der Waals surface area contributed by atoms with Crippen LogP contribution in [0.3, 0.4) is 0 Å². The van der Waals surface area contributed by atoms with Crippen molar-refractivity contribution in [3.8, 4) is 0 Å². The Morgan fingerprint density at radius 3 is 2.11 bits per heavy atom. The molecule has 4 nitrogen and oxygen atoms in total. The van der Waals surface area contributed by atoms with E-state index in [4.69, 9.17) is 23.2 Å². The van der Waals surface area contributed by atoms with Gasteiger partial charge in [0.15, 0.2) is 0 Å². The molecule has 2 rings (SSSR count). The Kier molecular flexibility index (Phi) is 5.81. The van der Waals surface area contributed by atoms with Gasteiger partial charge in [-0.15, -0.1) is 0 Å². The number of carbonyl (C=O) groups excluding carboxylic acids is 1. The third kappa shape index (κ3) is 5.16. The highest BCUT2D eigenvalue weighted by Crippen LogP contribution is 2.34. The average molecular weight is 433 g/mol. The van der Waals surface area contributed by atoms with Gasteiger partial charge in [-0.2, -0.15) is 26.3 Å². The normalized spacial score (nSPS) is 12.1. The number of anilines is 1. The van der Waals surface area contributed by atoms with Crippen LogP contribution in [-0.2, 0) is 23.7 Å². The third-order valence-corrected chi connectivity index (χ3v) is 3.85. The smallest absolute Gasteiger partial charge is 0.323 e. The lowest BCUT2D eigenvalue weighted by atomic mass is 10.2. The molecule has 0 radical (unpaired) electrons. The topological polar surface area (TPSA) is 51.1 Å². The fourth-order valence-electron chi connectivity index (χ4n) is 2.01. The van der Waals surface area contributed by atoms with Crippen LogP contribution in [0.1, 0.15) is 11.1 Å². The third-order valence-electron chi connectivity index (χ3n) is 3.25. The van der Waals surface area contributed by atoms with Gasteiger partial charge in [0, 0.05) is 6.20 Å². The molecule has 0 saturated heterocycles. The molecule has 0 bridgehead atoms. The number of hydrogen-bond donors (Lipinski definition) is 1. The number of amides is 1. The summed E-state index contributed by atoms with van der Waals surface area (Å²) in [6.45, 7) is -0.922. The van der Waals surface area contributed by atoms with Crippen molar-refractivity contribution in [3.05, 3.63) is 62.0 Å². The van der Waals surface area contributed by atoms with Crippen LogP contribution in [0.25, 0.3) is 0 Å². The number of rotatable bonds is 3. The van der Waals surface area contributed by atoms with Crippen LogP contribution in [0.15, 0.2) is 35.3 Å². The second kappa shape index (κ2) is 7.43. The minimum Gasteiger partial charge on any atom is -0.323 e. The summed E-state index contributed by atoms with van der Waals surface area (Å²) in [7, 11) is 0. The largest absolute Gasteiger partial charge is 0.417 e. The molecule has 12 heteroatoms. The van der Waals surface area contributed by atoms with Gasteiger partial charge in [-0.25, -0.2) is 0 Å². The molecule has 0 saturated carbocycles. The van der Waals surface area contributed by atoms with Crippen molar-refractivity contribution in [3.63, 3.8) is 0 Å². The maximum Gasteiger partial charge on any atom is 0.417 e. The fourth-order valence-corrected chi connectivity index (χ4v) is 2.40. The van der Waals surface area contributed by atoms with Crippen LogP contribution < -0.4 is 10.9 Å². The Bertz CT molecular complexity index is 937. The van der Waals surface area contributed by atoms with Crippen molar-refractivity contribution in [2.24, 2.45) is 0 Å². The zero-order chi connectivity index (χ0) is 20.6. The van der Waals surface area contributed by atoms with Crippen LogP contribution in [0, 0.1) is 0 Å². The van der Waals surface area contributed by atoms with E-state index in [-0.39, 0.29) is 5.02 Å². The maximum absolute atomic E-state index is 12.8. The number of alkyl halides is 6. The lowest BCUT2D eigenvalue weighted by Gasteiger charge is -2.14. The minimum absolute atomic E-state index is 0.231. The Balaban J connectivity index is 2.29. The zero-order valence-electron chi connectivity index (χ0n) is 12.9. The first-order valence-electron chi connectivity index (χ1n) is 6.93. The Hall–Kier alpha value is -2.20. The van der Waals surface area contributed by atoms with E-state index in [0.29, 0.717) is 29.0 Å². The van der Waals surface area contributed by atoms with Crippen LogP contribution in [0.5, 0.6) is 0 Å². The minimum atomic E-state index is -4.82. The van der Waals surface area contributed by atoms with Crippen LogP contribution >= 0.6 is 23.2 Å². The molecule has 0 fully saturated rings. The van der Waals surface area contributed by atoms with Crippen molar-refractivity contribution in [2.45, 2.75) is 18.9 Å².